The maximum absolute atomic E-state index is 11.5. The van der Waals surface area contributed by atoms with Gasteiger partial charge < -0.3 is 11.1 Å². The van der Waals surface area contributed by atoms with E-state index >= 15 is 0 Å². The normalized spacial score (nSPS) is 10.5. The van der Waals surface area contributed by atoms with E-state index < -0.39 is 10.0 Å². The summed E-state index contributed by atoms with van der Waals surface area (Å²) in [6.45, 7) is 2.04. The summed E-state index contributed by atoms with van der Waals surface area (Å²) in [7, 11) is -3.27. The molecule has 20 heavy (non-hydrogen) atoms. The minimum atomic E-state index is -3.27. The van der Waals surface area contributed by atoms with Crippen LogP contribution in [0.3, 0.4) is 0 Å². The van der Waals surface area contributed by atoms with E-state index in [0.29, 0.717) is 30.8 Å². The smallest absolute Gasteiger partial charge is 0.232 e. The largest absolute Gasteiger partial charge is 0.330 e. The van der Waals surface area contributed by atoms with Crippen LogP contribution >= 0.6 is 12.4 Å². The first-order chi connectivity index (χ1) is 8.96. The van der Waals surface area contributed by atoms with Gasteiger partial charge >= 0.3 is 0 Å². The van der Waals surface area contributed by atoms with Crippen LogP contribution in [0.15, 0.2) is 24.3 Å². The summed E-state index contributed by atoms with van der Waals surface area (Å²) in [6.07, 6.45) is 1.01. The Morgan fingerprint density at radius 3 is 2.25 bits per heavy atom. The summed E-state index contributed by atoms with van der Waals surface area (Å²) in [5.74, 6) is -0.0859. The van der Waals surface area contributed by atoms with Gasteiger partial charge in [0.25, 0.3) is 0 Å². The van der Waals surface area contributed by atoms with E-state index in [1.807, 2.05) is 0 Å². The molecule has 0 aliphatic carbocycles. The van der Waals surface area contributed by atoms with Crippen LogP contribution in [0, 0.1) is 0 Å². The molecule has 0 bridgehead atoms. The number of hydrogen-bond donors (Lipinski definition) is 3. The van der Waals surface area contributed by atoms with Crippen LogP contribution in [0.4, 0.5) is 11.4 Å². The lowest BCUT2D eigenvalue weighted by Gasteiger charge is -2.08. The number of benzene rings is 1. The summed E-state index contributed by atoms with van der Waals surface area (Å²) in [5, 5.41) is 2.71. The zero-order chi connectivity index (χ0) is 14.3. The average Bonchev–Trinajstić information content (AvgIpc) is 2.38. The molecule has 1 amide bonds. The Balaban J connectivity index is 0.00000361. The number of amides is 1. The lowest BCUT2D eigenvalue weighted by atomic mass is 10.2. The van der Waals surface area contributed by atoms with Crippen molar-refractivity contribution in [1.29, 1.82) is 0 Å². The molecule has 0 radical (unpaired) electrons. The van der Waals surface area contributed by atoms with Crippen LogP contribution in [-0.4, -0.2) is 26.6 Å². The number of rotatable bonds is 7. The molecular formula is C12H20ClN3O3S. The van der Waals surface area contributed by atoms with Crippen LogP contribution in [-0.2, 0) is 14.8 Å². The van der Waals surface area contributed by atoms with Crippen molar-refractivity contribution in [3.63, 3.8) is 0 Å². The Bertz CT molecular complexity index is 517. The van der Waals surface area contributed by atoms with Crippen molar-refractivity contribution < 1.29 is 13.2 Å². The first kappa shape index (κ1) is 18.7. The standard InChI is InChI=1S/C12H19N3O3S.ClH/c1-2-19(17,18)15-11-7-5-10(6-8-11)14-12(16)4-3-9-13;/h5-8,15H,2-4,9,13H2,1H3,(H,14,16);1H. The van der Waals surface area contributed by atoms with Crippen LogP contribution in [0.5, 0.6) is 0 Å². The van der Waals surface area contributed by atoms with Gasteiger partial charge in [0.15, 0.2) is 0 Å². The SMILES string of the molecule is CCS(=O)(=O)Nc1ccc(NC(=O)CCCN)cc1.Cl. The third-order valence-corrected chi connectivity index (χ3v) is 3.74. The second-order valence-electron chi connectivity index (χ2n) is 4.02. The van der Waals surface area contributed by atoms with Gasteiger partial charge in [-0.1, -0.05) is 0 Å². The fourth-order valence-electron chi connectivity index (χ4n) is 1.36. The van der Waals surface area contributed by atoms with E-state index in [0.717, 1.165) is 0 Å². The number of carbonyl (C=O) groups excluding carboxylic acids is 1. The summed E-state index contributed by atoms with van der Waals surface area (Å²) in [6, 6.07) is 6.50. The van der Waals surface area contributed by atoms with Gasteiger partial charge in [-0.3, -0.25) is 9.52 Å². The first-order valence-electron chi connectivity index (χ1n) is 6.07. The topological polar surface area (TPSA) is 101 Å². The number of hydrogen-bond acceptors (Lipinski definition) is 4. The van der Waals surface area contributed by atoms with Gasteiger partial charge in [-0.15, -0.1) is 12.4 Å². The Labute approximate surface area is 125 Å². The molecule has 0 aromatic heterocycles. The lowest BCUT2D eigenvalue weighted by Crippen LogP contribution is -2.15. The highest BCUT2D eigenvalue weighted by Crippen LogP contribution is 2.15. The predicted octanol–water partition coefficient (Wildman–Crippen LogP) is 1.55. The molecule has 6 nitrogen and oxygen atoms in total. The van der Waals surface area contributed by atoms with Crippen LogP contribution < -0.4 is 15.8 Å². The molecule has 114 valence electrons. The molecule has 0 atom stereocenters. The molecule has 0 aliphatic heterocycles. The third-order valence-electron chi connectivity index (χ3n) is 2.43. The molecule has 0 fully saturated rings. The number of nitrogens with one attached hydrogen (secondary N) is 2. The maximum Gasteiger partial charge on any atom is 0.232 e. The van der Waals surface area contributed by atoms with Crippen molar-refractivity contribution in [2.45, 2.75) is 19.8 Å². The van der Waals surface area contributed by atoms with E-state index in [1.54, 1.807) is 31.2 Å². The summed E-state index contributed by atoms with van der Waals surface area (Å²) >= 11 is 0. The fourth-order valence-corrected chi connectivity index (χ4v) is 2.00. The predicted molar refractivity (Wildman–Crippen MR) is 83.7 cm³/mol. The highest BCUT2D eigenvalue weighted by atomic mass is 35.5. The van der Waals surface area contributed by atoms with Gasteiger partial charge in [0.2, 0.25) is 15.9 Å². The quantitative estimate of drug-likeness (QED) is 0.709. The van der Waals surface area contributed by atoms with Crippen molar-refractivity contribution in [2.24, 2.45) is 5.73 Å². The first-order valence-corrected chi connectivity index (χ1v) is 7.72. The molecule has 0 saturated heterocycles. The molecule has 1 aromatic carbocycles. The molecule has 0 spiro atoms. The van der Waals surface area contributed by atoms with Gasteiger partial charge in [0.05, 0.1) is 5.75 Å². The number of halogens is 1. The summed E-state index contributed by atoms with van der Waals surface area (Å²) in [4.78, 5) is 11.5. The highest BCUT2D eigenvalue weighted by molar-refractivity contribution is 7.92. The molecule has 1 rings (SSSR count). The van der Waals surface area contributed by atoms with E-state index in [2.05, 4.69) is 10.0 Å². The van der Waals surface area contributed by atoms with Crippen LogP contribution in [0.1, 0.15) is 19.8 Å². The number of nitrogens with two attached hydrogens (primary N) is 1. The summed E-state index contributed by atoms with van der Waals surface area (Å²) in [5.41, 5.74) is 6.42. The maximum atomic E-state index is 11.5. The second kappa shape index (κ2) is 8.78. The van der Waals surface area contributed by atoms with Crippen molar-refractivity contribution in [3.05, 3.63) is 24.3 Å². The van der Waals surface area contributed by atoms with Gasteiger partial charge in [0, 0.05) is 17.8 Å². The molecule has 1 aromatic rings. The summed E-state index contributed by atoms with van der Waals surface area (Å²) < 4.78 is 25.1. The molecule has 8 heteroatoms. The number of anilines is 2. The van der Waals surface area contributed by atoms with E-state index in [4.69, 9.17) is 5.73 Å². The molecule has 0 aliphatic rings. The van der Waals surface area contributed by atoms with Crippen molar-refractivity contribution in [3.8, 4) is 0 Å². The Morgan fingerprint density at radius 2 is 1.75 bits per heavy atom. The van der Waals surface area contributed by atoms with Crippen molar-refractivity contribution in [2.75, 3.05) is 22.3 Å². The average molecular weight is 322 g/mol. The highest BCUT2D eigenvalue weighted by Gasteiger charge is 2.06. The van der Waals surface area contributed by atoms with E-state index in [1.165, 1.54) is 0 Å². The molecule has 0 saturated carbocycles. The molecular weight excluding hydrogens is 302 g/mol. The lowest BCUT2D eigenvalue weighted by molar-refractivity contribution is -0.116. The van der Waals surface area contributed by atoms with Crippen LogP contribution in [0.2, 0.25) is 0 Å². The van der Waals surface area contributed by atoms with Gasteiger partial charge in [-0.2, -0.15) is 0 Å². The minimum Gasteiger partial charge on any atom is -0.330 e. The number of sulfonamides is 1. The van der Waals surface area contributed by atoms with Crippen molar-refractivity contribution in [1.82, 2.24) is 0 Å². The van der Waals surface area contributed by atoms with E-state index in [-0.39, 0.29) is 24.1 Å². The second-order valence-corrected chi connectivity index (χ2v) is 6.03. The fraction of sp³-hybridized carbons (Fsp3) is 0.417. The van der Waals surface area contributed by atoms with Gasteiger partial charge in [0.1, 0.15) is 0 Å². The van der Waals surface area contributed by atoms with Gasteiger partial charge in [-0.05, 0) is 44.2 Å². The van der Waals surface area contributed by atoms with Crippen molar-refractivity contribution >= 4 is 39.7 Å². The zero-order valence-corrected chi connectivity index (χ0v) is 12.9. The third kappa shape index (κ3) is 6.74. The zero-order valence-electron chi connectivity index (χ0n) is 11.3. The Kier molecular flexibility index (Phi) is 8.21. The van der Waals surface area contributed by atoms with E-state index in [9.17, 15) is 13.2 Å². The molecule has 0 heterocycles. The minimum absolute atomic E-state index is 0. The number of carbonyl (C=O) groups is 1. The molecule has 4 N–H and O–H groups in total. The Morgan fingerprint density at radius 1 is 1.20 bits per heavy atom. The van der Waals surface area contributed by atoms with Crippen LogP contribution in [0.25, 0.3) is 0 Å². The monoisotopic (exact) mass is 321 g/mol. The molecule has 0 unspecified atom stereocenters. The Hall–Kier alpha value is -1.31. The van der Waals surface area contributed by atoms with Gasteiger partial charge in [-0.25, -0.2) is 8.42 Å².